The summed E-state index contributed by atoms with van der Waals surface area (Å²) in [4.78, 5) is 22.5. The van der Waals surface area contributed by atoms with Crippen LogP contribution in [0.3, 0.4) is 0 Å². The molecule has 0 aliphatic carbocycles. The maximum absolute atomic E-state index is 11.8. The number of carbonyl (C=O) groups excluding carboxylic acids is 2. The van der Waals surface area contributed by atoms with E-state index in [1.54, 1.807) is 0 Å². The summed E-state index contributed by atoms with van der Waals surface area (Å²) in [6.45, 7) is 3.43. The zero-order valence-electron chi connectivity index (χ0n) is 12.4. The molecule has 0 radical (unpaired) electrons. The van der Waals surface area contributed by atoms with Crippen molar-refractivity contribution in [2.75, 3.05) is 6.61 Å². The van der Waals surface area contributed by atoms with E-state index in [2.05, 4.69) is 15.5 Å². The van der Waals surface area contributed by atoms with Gasteiger partial charge in [-0.15, -0.1) is 5.10 Å². The van der Waals surface area contributed by atoms with Gasteiger partial charge in [-0.2, -0.15) is 5.10 Å². The van der Waals surface area contributed by atoms with Gasteiger partial charge >= 0.3 is 5.97 Å². The maximum Gasteiger partial charge on any atom is 0.302 e. The molecule has 7 heteroatoms. The number of rotatable bonds is 5. The van der Waals surface area contributed by atoms with Crippen LogP contribution in [0, 0.1) is 0 Å². The van der Waals surface area contributed by atoms with Crippen LogP contribution in [0.5, 0.6) is 0 Å². The summed E-state index contributed by atoms with van der Waals surface area (Å²) in [5.74, 6) is -0.483. The largest absolute Gasteiger partial charge is 0.466 e. The lowest BCUT2D eigenvalue weighted by molar-refractivity contribution is -0.141. The number of esters is 1. The summed E-state index contributed by atoms with van der Waals surface area (Å²) in [6, 6.07) is 9.68. The Morgan fingerprint density at radius 3 is 2.73 bits per heavy atom. The van der Waals surface area contributed by atoms with Gasteiger partial charge in [-0.1, -0.05) is 42.1 Å². The van der Waals surface area contributed by atoms with E-state index in [0.29, 0.717) is 11.6 Å². The number of carbonyl (C=O) groups is 2. The average Bonchev–Trinajstić information content (AvgIpc) is 2.86. The van der Waals surface area contributed by atoms with Crippen molar-refractivity contribution in [2.24, 2.45) is 10.2 Å². The van der Waals surface area contributed by atoms with Crippen LogP contribution >= 0.6 is 11.8 Å². The second-order valence-corrected chi connectivity index (χ2v) is 5.87. The number of amides is 1. The minimum absolute atomic E-state index is 0.136. The highest BCUT2D eigenvalue weighted by Gasteiger charge is 2.30. The highest BCUT2D eigenvalue weighted by atomic mass is 32.2. The topological polar surface area (TPSA) is 80.1 Å². The van der Waals surface area contributed by atoms with Gasteiger partial charge in [0.15, 0.2) is 5.17 Å². The van der Waals surface area contributed by atoms with E-state index in [1.165, 1.54) is 18.7 Å². The molecule has 1 saturated heterocycles. The van der Waals surface area contributed by atoms with E-state index >= 15 is 0 Å². The molecular weight excluding hydrogens is 302 g/mol. The Balaban J connectivity index is 1.93. The first-order valence-corrected chi connectivity index (χ1v) is 7.73. The summed E-state index contributed by atoms with van der Waals surface area (Å²) in [5.41, 5.74) is 1.75. The van der Waals surface area contributed by atoms with Crippen molar-refractivity contribution in [3.63, 3.8) is 0 Å². The van der Waals surface area contributed by atoms with Gasteiger partial charge in [0.25, 0.3) is 0 Å². The van der Waals surface area contributed by atoms with E-state index in [9.17, 15) is 9.59 Å². The van der Waals surface area contributed by atoms with E-state index in [0.717, 1.165) is 11.3 Å². The van der Waals surface area contributed by atoms with Crippen molar-refractivity contribution < 1.29 is 14.3 Å². The van der Waals surface area contributed by atoms with Crippen LogP contribution in [0.1, 0.15) is 25.8 Å². The van der Waals surface area contributed by atoms with Crippen LogP contribution in [0.25, 0.3) is 0 Å². The molecule has 0 bridgehead atoms. The Bertz CT molecular complexity index is 614. The summed E-state index contributed by atoms with van der Waals surface area (Å²) in [6.07, 6.45) is 0.455. The molecule has 1 amide bonds. The zero-order valence-corrected chi connectivity index (χ0v) is 13.2. The molecule has 1 aliphatic heterocycles. The first kappa shape index (κ1) is 16.2. The Kier molecular flexibility index (Phi) is 5.71. The van der Waals surface area contributed by atoms with Gasteiger partial charge in [0.05, 0.1) is 17.6 Å². The van der Waals surface area contributed by atoms with Crippen LogP contribution in [0.4, 0.5) is 0 Å². The van der Waals surface area contributed by atoms with Gasteiger partial charge in [-0.25, -0.2) is 0 Å². The van der Waals surface area contributed by atoms with Gasteiger partial charge in [0, 0.05) is 13.3 Å². The standard InChI is InChI=1S/C15H17N3O3S/c1-10(12-6-4-3-5-7-12)17-18-15-16-14(20)13(22-15)8-9-21-11(2)19/h3-7,13H,8-9H2,1-2H3,(H,16,18,20)/b17-10+. The van der Waals surface area contributed by atoms with Crippen molar-refractivity contribution in [1.82, 2.24) is 5.32 Å². The summed E-state index contributed by atoms with van der Waals surface area (Å²) in [5, 5.41) is 11.0. The monoisotopic (exact) mass is 319 g/mol. The number of amidine groups is 1. The third kappa shape index (κ3) is 4.70. The van der Waals surface area contributed by atoms with Gasteiger partial charge in [-0.05, 0) is 12.5 Å². The number of thioether (sulfide) groups is 1. The average molecular weight is 319 g/mol. The number of hydrogen-bond acceptors (Lipinski definition) is 6. The molecule has 1 aromatic rings. The smallest absolute Gasteiger partial charge is 0.302 e. The zero-order chi connectivity index (χ0) is 15.9. The third-order valence-electron chi connectivity index (χ3n) is 2.94. The summed E-state index contributed by atoms with van der Waals surface area (Å²) >= 11 is 1.30. The van der Waals surface area contributed by atoms with Crippen molar-refractivity contribution >= 4 is 34.5 Å². The van der Waals surface area contributed by atoms with Crippen molar-refractivity contribution in [3.8, 4) is 0 Å². The van der Waals surface area contributed by atoms with E-state index < -0.39 is 0 Å². The van der Waals surface area contributed by atoms with Crippen LogP contribution in [-0.2, 0) is 14.3 Å². The molecule has 0 aromatic heterocycles. The minimum Gasteiger partial charge on any atom is -0.466 e. The lowest BCUT2D eigenvalue weighted by Gasteiger charge is -2.04. The summed E-state index contributed by atoms with van der Waals surface area (Å²) < 4.78 is 4.84. The van der Waals surface area contributed by atoms with Gasteiger partial charge in [0.2, 0.25) is 5.91 Å². The molecule has 1 heterocycles. The fourth-order valence-corrected chi connectivity index (χ4v) is 2.71. The van der Waals surface area contributed by atoms with E-state index in [4.69, 9.17) is 4.74 Å². The van der Waals surface area contributed by atoms with Gasteiger partial charge in [-0.3, -0.25) is 9.59 Å². The Hall–Kier alpha value is -2.15. The fraction of sp³-hybridized carbons (Fsp3) is 0.333. The number of benzene rings is 1. The highest BCUT2D eigenvalue weighted by molar-refractivity contribution is 8.15. The minimum atomic E-state index is -0.347. The van der Waals surface area contributed by atoms with Crippen molar-refractivity contribution in [3.05, 3.63) is 35.9 Å². The summed E-state index contributed by atoms with van der Waals surface area (Å²) in [7, 11) is 0. The SMILES string of the molecule is CC(=O)OCCC1S/C(=N/N=C(\C)c2ccccc2)NC1=O. The number of nitrogens with one attached hydrogen (secondary N) is 1. The van der Waals surface area contributed by atoms with Crippen LogP contribution in [0.2, 0.25) is 0 Å². The lowest BCUT2D eigenvalue weighted by Crippen LogP contribution is -2.25. The second kappa shape index (κ2) is 7.74. The number of nitrogens with zero attached hydrogens (tertiary/aromatic N) is 2. The molecule has 1 N–H and O–H groups in total. The normalized spacial score (nSPS) is 20.1. The third-order valence-corrected chi connectivity index (χ3v) is 4.09. The Morgan fingerprint density at radius 1 is 1.32 bits per heavy atom. The van der Waals surface area contributed by atoms with Crippen LogP contribution in [0.15, 0.2) is 40.5 Å². The molecule has 1 fully saturated rings. The molecule has 2 rings (SSSR count). The molecule has 1 atom stereocenters. The predicted octanol–water partition coefficient (Wildman–Crippen LogP) is 1.95. The van der Waals surface area contributed by atoms with Crippen LogP contribution in [-0.4, -0.2) is 34.6 Å². The van der Waals surface area contributed by atoms with Crippen LogP contribution < -0.4 is 5.32 Å². The second-order valence-electron chi connectivity index (χ2n) is 4.68. The molecular formula is C15H17N3O3S. The molecule has 0 spiro atoms. The number of hydrogen-bond donors (Lipinski definition) is 1. The molecule has 1 unspecified atom stereocenters. The van der Waals surface area contributed by atoms with E-state index in [1.807, 2.05) is 37.3 Å². The quantitative estimate of drug-likeness (QED) is 0.511. The predicted molar refractivity (Wildman–Crippen MR) is 86.9 cm³/mol. The lowest BCUT2D eigenvalue weighted by atomic mass is 10.1. The van der Waals surface area contributed by atoms with Crippen molar-refractivity contribution in [2.45, 2.75) is 25.5 Å². The molecule has 116 valence electrons. The fourth-order valence-electron chi connectivity index (χ4n) is 1.81. The number of ether oxygens (including phenoxy) is 1. The Morgan fingerprint density at radius 2 is 2.05 bits per heavy atom. The maximum atomic E-state index is 11.8. The van der Waals surface area contributed by atoms with Gasteiger partial charge in [0.1, 0.15) is 0 Å². The molecule has 1 aliphatic rings. The first-order valence-electron chi connectivity index (χ1n) is 6.85. The molecule has 1 aromatic carbocycles. The van der Waals surface area contributed by atoms with Gasteiger partial charge < -0.3 is 10.1 Å². The molecule has 22 heavy (non-hydrogen) atoms. The first-order chi connectivity index (χ1) is 10.6. The molecule has 0 saturated carbocycles. The van der Waals surface area contributed by atoms with E-state index in [-0.39, 0.29) is 23.7 Å². The van der Waals surface area contributed by atoms with Crippen molar-refractivity contribution in [1.29, 1.82) is 0 Å². The molecule has 6 nitrogen and oxygen atoms in total. The Labute approximate surface area is 133 Å². The highest BCUT2D eigenvalue weighted by Crippen LogP contribution is 2.22.